The number of aromatic nitrogens is 4. The van der Waals surface area contributed by atoms with Crippen molar-refractivity contribution in [1.29, 1.82) is 0 Å². The molecule has 3 aromatic rings. The zero-order chi connectivity index (χ0) is 19.6. The highest BCUT2D eigenvalue weighted by Gasteiger charge is 2.15. The molecule has 2 N–H and O–H groups in total. The van der Waals surface area contributed by atoms with E-state index in [1.165, 1.54) is 18.5 Å². The van der Waals surface area contributed by atoms with E-state index in [0.29, 0.717) is 5.69 Å². The number of nitrogens with zero attached hydrogens (tertiary/aromatic N) is 4. The van der Waals surface area contributed by atoms with Crippen LogP contribution in [0.3, 0.4) is 0 Å². The highest BCUT2D eigenvalue weighted by Crippen LogP contribution is 2.24. The van der Waals surface area contributed by atoms with Crippen LogP contribution in [0.4, 0.5) is 29.2 Å². The maximum Gasteiger partial charge on any atom is 0.338 e. The highest BCUT2D eigenvalue weighted by molar-refractivity contribution is 5.88. The first-order valence-electron chi connectivity index (χ1n) is 7.47. The summed E-state index contributed by atoms with van der Waals surface area (Å²) in [6, 6.07) is 3.05. The third-order valence-corrected chi connectivity index (χ3v) is 3.43. The number of carboxylic acids is 1. The second-order valence-corrected chi connectivity index (χ2v) is 5.36. The lowest BCUT2D eigenvalue weighted by molar-refractivity contribution is 0.0692. The summed E-state index contributed by atoms with van der Waals surface area (Å²) in [5.74, 6) is -3.42. The molecule has 0 saturated carbocycles. The van der Waals surface area contributed by atoms with Crippen LogP contribution in [0.25, 0.3) is 11.3 Å². The van der Waals surface area contributed by atoms with Gasteiger partial charge in [-0.3, -0.25) is 4.68 Å². The Morgan fingerprint density at radius 3 is 2.67 bits per heavy atom. The summed E-state index contributed by atoms with van der Waals surface area (Å²) >= 11 is 0. The third kappa shape index (κ3) is 4.19. The largest absolute Gasteiger partial charge is 0.478 e. The molecule has 0 fully saturated rings. The predicted octanol–water partition coefficient (Wildman–Crippen LogP) is 3.33. The van der Waals surface area contributed by atoms with Crippen molar-refractivity contribution in [2.45, 2.75) is 13.0 Å². The average molecular weight is 381 g/mol. The van der Waals surface area contributed by atoms with E-state index in [9.17, 15) is 22.4 Å². The third-order valence-electron chi connectivity index (χ3n) is 3.43. The Hall–Kier alpha value is -3.50. The second kappa shape index (κ2) is 7.40. The van der Waals surface area contributed by atoms with Crippen molar-refractivity contribution >= 4 is 17.6 Å². The molecule has 27 heavy (non-hydrogen) atoms. The van der Waals surface area contributed by atoms with Crippen LogP contribution in [-0.2, 0) is 6.54 Å². The van der Waals surface area contributed by atoms with Gasteiger partial charge in [0.05, 0.1) is 23.6 Å². The van der Waals surface area contributed by atoms with Gasteiger partial charge in [0.15, 0.2) is 5.82 Å². The number of aromatic carboxylic acids is 1. The van der Waals surface area contributed by atoms with Gasteiger partial charge in [0.1, 0.15) is 18.1 Å². The van der Waals surface area contributed by atoms with Gasteiger partial charge < -0.3 is 10.4 Å². The van der Waals surface area contributed by atoms with Crippen molar-refractivity contribution in [3.8, 4) is 11.3 Å². The van der Waals surface area contributed by atoms with Crippen LogP contribution in [-0.4, -0.2) is 37.2 Å². The van der Waals surface area contributed by atoms with Crippen molar-refractivity contribution in [3.05, 3.63) is 54.0 Å². The Balaban J connectivity index is 1.87. The Kier molecular flexibility index (Phi) is 5.01. The van der Waals surface area contributed by atoms with Crippen LogP contribution in [0.15, 0.2) is 36.8 Å². The quantitative estimate of drug-likeness (QED) is 0.637. The van der Waals surface area contributed by atoms with Gasteiger partial charge in [0, 0.05) is 11.8 Å². The Morgan fingerprint density at radius 1 is 1.22 bits per heavy atom. The van der Waals surface area contributed by atoms with Gasteiger partial charge in [0.2, 0.25) is 5.95 Å². The first-order chi connectivity index (χ1) is 12.8. The van der Waals surface area contributed by atoms with Gasteiger partial charge in [0.25, 0.3) is 6.43 Å². The van der Waals surface area contributed by atoms with Gasteiger partial charge >= 0.3 is 5.97 Å². The van der Waals surface area contributed by atoms with Gasteiger partial charge in [-0.05, 0) is 12.1 Å². The minimum absolute atomic E-state index is 0.00819. The molecule has 0 saturated heterocycles. The predicted molar refractivity (Wildman–Crippen MR) is 85.9 cm³/mol. The lowest BCUT2D eigenvalue weighted by Crippen LogP contribution is -2.06. The Bertz CT molecular complexity index is 993. The minimum Gasteiger partial charge on any atom is -0.478 e. The number of carbonyl (C=O) groups is 1. The molecule has 2 aromatic heterocycles. The molecular formula is C16H11F4N5O2. The first kappa shape index (κ1) is 18.3. The number of hydrogen-bond donors (Lipinski definition) is 2. The maximum absolute atomic E-state index is 14.0. The molecule has 0 radical (unpaired) electrons. The first-order valence-corrected chi connectivity index (χ1v) is 7.47. The van der Waals surface area contributed by atoms with E-state index in [1.54, 1.807) is 0 Å². The molecule has 0 aliphatic heterocycles. The van der Waals surface area contributed by atoms with E-state index in [2.05, 4.69) is 20.4 Å². The van der Waals surface area contributed by atoms with E-state index in [1.807, 2.05) is 0 Å². The summed E-state index contributed by atoms with van der Waals surface area (Å²) in [7, 11) is 0. The molecule has 0 unspecified atom stereocenters. The van der Waals surface area contributed by atoms with Gasteiger partial charge in [-0.1, -0.05) is 6.07 Å². The highest BCUT2D eigenvalue weighted by atomic mass is 19.3. The normalized spacial score (nSPS) is 11.0. The average Bonchev–Trinajstić information content (AvgIpc) is 3.02. The van der Waals surface area contributed by atoms with Crippen molar-refractivity contribution in [2.75, 3.05) is 5.32 Å². The number of anilines is 2. The van der Waals surface area contributed by atoms with E-state index >= 15 is 0 Å². The number of carboxylic acid groups (broad SMARTS) is 1. The van der Waals surface area contributed by atoms with Crippen molar-refractivity contribution in [3.63, 3.8) is 0 Å². The monoisotopic (exact) mass is 381 g/mol. The van der Waals surface area contributed by atoms with Crippen LogP contribution in [0.1, 0.15) is 10.4 Å². The standard InChI is InChI=1S/C16H11F4N5O2/c17-11-3-8(1-2-10(11)15(26)27)14-12(18)5-21-16(24-14)23-9-4-22-25(6-9)7-13(19)20/h1-6,13H,7H2,(H,26,27)(H,21,23,24). The zero-order valence-corrected chi connectivity index (χ0v) is 13.4. The Labute approximate surface area is 149 Å². The summed E-state index contributed by atoms with van der Waals surface area (Å²) in [4.78, 5) is 18.5. The lowest BCUT2D eigenvalue weighted by atomic mass is 10.1. The molecule has 3 rings (SSSR count). The number of halogens is 4. The molecule has 0 atom stereocenters. The molecular weight excluding hydrogens is 370 g/mol. The van der Waals surface area contributed by atoms with Crippen LogP contribution in [0.5, 0.6) is 0 Å². The van der Waals surface area contributed by atoms with E-state index in [0.717, 1.165) is 23.0 Å². The fraction of sp³-hybridized carbons (Fsp3) is 0.125. The van der Waals surface area contributed by atoms with Crippen LogP contribution in [0, 0.1) is 11.6 Å². The van der Waals surface area contributed by atoms with Crippen molar-refractivity contribution < 1.29 is 27.5 Å². The summed E-state index contributed by atoms with van der Waals surface area (Å²) in [5.41, 5.74) is -0.518. The number of rotatable bonds is 6. The summed E-state index contributed by atoms with van der Waals surface area (Å²) in [6.45, 7) is -0.591. The molecule has 0 spiro atoms. The number of hydrogen-bond acceptors (Lipinski definition) is 5. The summed E-state index contributed by atoms with van der Waals surface area (Å²) in [6.07, 6.45) is 0.822. The number of benzene rings is 1. The van der Waals surface area contributed by atoms with E-state index < -0.39 is 36.1 Å². The molecule has 0 aliphatic rings. The minimum atomic E-state index is -2.57. The molecule has 0 aliphatic carbocycles. The van der Waals surface area contributed by atoms with E-state index in [4.69, 9.17) is 5.11 Å². The molecule has 140 valence electrons. The molecule has 0 bridgehead atoms. The second-order valence-electron chi connectivity index (χ2n) is 5.36. The van der Waals surface area contributed by atoms with Gasteiger partial charge in [-0.15, -0.1) is 0 Å². The Morgan fingerprint density at radius 2 is 2.00 bits per heavy atom. The fourth-order valence-corrected chi connectivity index (χ4v) is 2.26. The summed E-state index contributed by atoms with van der Waals surface area (Å²) in [5, 5.41) is 15.2. The SMILES string of the molecule is O=C(O)c1ccc(-c2nc(Nc3cnn(CC(F)F)c3)ncc2F)cc1F. The molecule has 1 aromatic carbocycles. The lowest BCUT2D eigenvalue weighted by Gasteiger charge is -2.07. The molecule has 0 amide bonds. The molecule has 2 heterocycles. The van der Waals surface area contributed by atoms with Crippen LogP contribution in [0.2, 0.25) is 0 Å². The zero-order valence-electron chi connectivity index (χ0n) is 13.4. The molecule has 11 heteroatoms. The van der Waals surface area contributed by atoms with Crippen molar-refractivity contribution in [1.82, 2.24) is 19.7 Å². The summed E-state index contributed by atoms with van der Waals surface area (Å²) < 4.78 is 53.6. The van der Waals surface area contributed by atoms with Gasteiger partial charge in [-0.2, -0.15) is 5.10 Å². The van der Waals surface area contributed by atoms with Crippen LogP contribution < -0.4 is 5.32 Å². The smallest absolute Gasteiger partial charge is 0.338 e. The maximum atomic E-state index is 14.0. The molecule has 7 nitrogen and oxygen atoms in total. The fourth-order valence-electron chi connectivity index (χ4n) is 2.26. The van der Waals surface area contributed by atoms with Crippen molar-refractivity contribution in [2.24, 2.45) is 0 Å². The number of nitrogens with one attached hydrogen (secondary N) is 1. The van der Waals surface area contributed by atoms with E-state index in [-0.39, 0.29) is 17.2 Å². The topological polar surface area (TPSA) is 92.9 Å². The number of alkyl halides is 2. The van der Waals surface area contributed by atoms with Gasteiger partial charge in [-0.25, -0.2) is 32.3 Å². The van der Waals surface area contributed by atoms with Crippen LogP contribution >= 0.6 is 0 Å².